The van der Waals surface area contributed by atoms with Crippen LogP contribution in [-0.2, 0) is 0 Å². The third kappa shape index (κ3) is 3.98. The van der Waals surface area contributed by atoms with E-state index in [1.807, 2.05) is 14.1 Å². The maximum absolute atomic E-state index is 4.97. The normalized spacial score (nSPS) is 8.80. The Balaban J connectivity index is 2.54. The standard InChI is InChI=1S/C2H8BN2/c1-5(2)3-4/h4H2,1-2H3. The van der Waals surface area contributed by atoms with Crippen LogP contribution in [0.3, 0.4) is 0 Å². The zero-order valence-electron chi connectivity index (χ0n) is 3.60. The third-order valence-electron chi connectivity index (χ3n) is 0.298. The lowest BCUT2D eigenvalue weighted by molar-refractivity contribution is 0.660. The van der Waals surface area contributed by atoms with E-state index in [4.69, 9.17) is 5.64 Å². The molecule has 0 aromatic heterocycles. The minimum atomic E-state index is 1.50. The zero-order valence-corrected chi connectivity index (χ0v) is 3.60. The van der Waals surface area contributed by atoms with E-state index in [0.29, 0.717) is 0 Å². The summed E-state index contributed by atoms with van der Waals surface area (Å²) in [7, 11) is 5.25. The van der Waals surface area contributed by atoms with Crippen LogP contribution in [-0.4, -0.2) is 26.5 Å². The van der Waals surface area contributed by atoms with Gasteiger partial charge in [-0.15, -0.1) is 0 Å². The maximum atomic E-state index is 4.97. The lowest BCUT2D eigenvalue weighted by Crippen LogP contribution is -2.25. The molecule has 1 radical (unpaired) electrons. The first-order chi connectivity index (χ1) is 2.27. The van der Waals surface area contributed by atoms with Gasteiger partial charge in [0.2, 0.25) is 0 Å². The summed E-state index contributed by atoms with van der Waals surface area (Å²) in [6.07, 6.45) is 0. The van der Waals surface area contributed by atoms with Crippen LogP contribution in [0.5, 0.6) is 0 Å². The predicted octanol–water partition coefficient (Wildman–Crippen LogP) is -0.959. The molecule has 3 heteroatoms. The van der Waals surface area contributed by atoms with Crippen LogP contribution in [0.15, 0.2) is 0 Å². The van der Waals surface area contributed by atoms with Gasteiger partial charge in [0.05, 0.1) is 0 Å². The van der Waals surface area contributed by atoms with Crippen LogP contribution in [0, 0.1) is 0 Å². The van der Waals surface area contributed by atoms with E-state index < -0.39 is 0 Å². The highest BCUT2D eigenvalue weighted by molar-refractivity contribution is 6.26. The van der Waals surface area contributed by atoms with Gasteiger partial charge in [0, 0.05) is 0 Å². The second kappa shape index (κ2) is 2.24. The maximum Gasteiger partial charge on any atom is 0.306 e. The highest BCUT2D eigenvalue weighted by Crippen LogP contribution is 1.51. The summed E-state index contributed by atoms with van der Waals surface area (Å²) in [4.78, 5) is 1.78. The summed E-state index contributed by atoms with van der Waals surface area (Å²) < 4.78 is 0. The van der Waals surface area contributed by atoms with Gasteiger partial charge in [-0.05, 0) is 14.1 Å². The van der Waals surface area contributed by atoms with E-state index in [0.717, 1.165) is 0 Å². The van der Waals surface area contributed by atoms with Crippen LogP contribution in [0.1, 0.15) is 0 Å². The first-order valence-electron chi connectivity index (χ1n) is 1.49. The zero-order chi connectivity index (χ0) is 4.28. The molecule has 29 valence electrons. The molecule has 0 saturated carbocycles. The van der Waals surface area contributed by atoms with Crippen molar-refractivity contribution in [1.82, 2.24) is 4.81 Å². The lowest BCUT2D eigenvalue weighted by Gasteiger charge is -1.97. The molecule has 5 heavy (non-hydrogen) atoms. The lowest BCUT2D eigenvalue weighted by atomic mass is 10.2. The number of nitrogens with zero attached hydrogens (tertiary/aromatic N) is 1. The molecule has 2 N–H and O–H groups in total. The fourth-order valence-corrected chi connectivity index (χ4v) is 0. The van der Waals surface area contributed by atoms with E-state index in [9.17, 15) is 0 Å². The highest BCUT2D eigenvalue weighted by Gasteiger charge is 1.78. The van der Waals surface area contributed by atoms with Gasteiger partial charge in [-0.2, -0.15) is 0 Å². The fourth-order valence-electron chi connectivity index (χ4n) is 0. The molecule has 0 unspecified atom stereocenters. The van der Waals surface area contributed by atoms with E-state index in [2.05, 4.69) is 0 Å². The van der Waals surface area contributed by atoms with Crippen molar-refractivity contribution in [3.05, 3.63) is 0 Å². The predicted molar refractivity (Wildman–Crippen MR) is 23.6 cm³/mol. The van der Waals surface area contributed by atoms with E-state index >= 15 is 0 Å². The molecule has 0 spiro atoms. The number of hydrogen-bond donors (Lipinski definition) is 1. The molecule has 0 fully saturated rings. The third-order valence-corrected chi connectivity index (χ3v) is 0.298. The molecular weight excluding hydrogens is 62.8 g/mol. The van der Waals surface area contributed by atoms with Crippen molar-refractivity contribution in [2.24, 2.45) is 5.64 Å². The Labute approximate surface area is 33.2 Å². The second-order valence-corrected chi connectivity index (χ2v) is 1.11. The van der Waals surface area contributed by atoms with Crippen molar-refractivity contribution < 1.29 is 0 Å². The van der Waals surface area contributed by atoms with Crippen molar-refractivity contribution in [3.63, 3.8) is 0 Å². The average molecular weight is 70.9 g/mol. The number of nitrogens with two attached hydrogens (primary N) is 1. The van der Waals surface area contributed by atoms with Crippen molar-refractivity contribution in [1.29, 1.82) is 0 Å². The van der Waals surface area contributed by atoms with E-state index in [-0.39, 0.29) is 0 Å². The largest absolute Gasteiger partial charge is 0.359 e. The molecule has 0 aromatic carbocycles. The molecule has 0 aromatic rings. The minimum Gasteiger partial charge on any atom is -0.359 e. The summed E-state index contributed by atoms with van der Waals surface area (Å²) in [6.45, 7) is 0. The van der Waals surface area contributed by atoms with Crippen LogP contribution in [0.25, 0.3) is 0 Å². The monoisotopic (exact) mass is 71.1 g/mol. The molecule has 0 heterocycles. The van der Waals surface area contributed by atoms with Crippen LogP contribution >= 0.6 is 0 Å². The Morgan fingerprint density at radius 1 is 1.60 bits per heavy atom. The molecule has 2 nitrogen and oxygen atoms in total. The Kier molecular flexibility index (Phi) is 2.23. The molecule has 0 aliphatic carbocycles. The van der Waals surface area contributed by atoms with Crippen LogP contribution in [0.2, 0.25) is 0 Å². The molecule has 0 bridgehead atoms. The molecule has 0 saturated heterocycles. The van der Waals surface area contributed by atoms with Gasteiger partial charge in [0.25, 0.3) is 0 Å². The van der Waals surface area contributed by atoms with E-state index in [1.165, 1.54) is 7.55 Å². The van der Waals surface area contributed by atoms with Gasteiger partial charge >= 0.3 is 7.55 Å². The number of rotatable bonds is 1. The first-order valence-corrected chi connectivity index (χ1v) is 1.49. The van der Waals surface area contributed by atoms with Gasteiger partial charge in [-0.25, -0.2) is 0 Å². The topological polar surface area (TPSA) is 29.3 Å². The molecule has 0 atom stereocenters. The summed E-state index contributed by atoms with van der Waals surface area (Å²) in [6, 6.07) is 0. The summed E-state index contributed by atoms with van der Waals surface area (Å²) in [5.74, 6) is 0. The summed E-state index contributed by atoms with van der Waals surface area (Å²) in [5, 5.41) is 0. The Hall–Kier alpha value is -0.0151. The Morgan fingerprint density at radius 2 is 1.80 bits per heavy atom. The average Bonchev–Trinajstić information content (AvgIpc) is 1.38. The molecule has 0 rings (SSSR count). The van der Waals surface area contributed by atoms with Crippen molar-refractivity contribution >= 4 is 7.55 Å². The van der Waals surface area contributed by atoms with Gasteiger partial charge in [-0.1, -0.05) is 0 Å². The van der Waals surface area contributed by atoms with Gasteiger partial charge in [0.15, 0.2) is 0 Å². The van der Waals surface area contributed by atoms with Crippen LogP contribution in [0.4, 0.5) is 0 Å². The smallest absolute Gasteiger partial charge is 0.306 e. The minimum absolute atomic E-state index is 1.50. The van der Waals surface area contributed by atoms with Crippen LogP contribution < -0.4 is 5.64 Å². The Morgan fingerprint density at radius 3 is 1.80 bits per heavy atom. The Bertz CT molecular complexity index is 21.6. The molecule has 0 aliphatic heterocycles. The van der Waals surface area contributed by atoms with E-state index in [1.54, 1.807) is 4.81 Å². The fraction of sp³-hybridized carbons (Fsp3) is 1.00. The van der Waals surface area contributed by atoms with Gasteiger partial charge in [0.1, 0.15) is 0 Å². The summed E-state index contributed by atoms with van der Waals surface area (Å²) >= 11 is 0. The second-order valence-electron chi connectivity index (χ2n) is 1.11. The quantitative estimate of drug-likeness (QED) is 0.403. The number of hydrogen-bond acceptors (Lipinski definition) is 2. The molecular formula is C2H8BN2. The van der Waals surface area contributed by atoms with Crippen molar-refractivity contribution in [2.45, 2.75) is 0 Å². The SMILES string of the molecule is CN(C)[B]N. The van der Waals surface area contributed by atoms with Gasteiger partial charge in [-0.3, -0.25) is 0 Å². The van der Waals surface area contributed by atoms with Gasteiger partial charge < -0.3 is 10.5 Å². The first kappa shape index (κ1) is 4.98. The summed E-state index contributed by atoms with van der Waals surface area (Å²) in [5.41, 5.74) is 4.97. The van der Waals surface area contributed by atoms with Crippen molar-refractivity contribution in [2.75, 3.05) is 14.1 Å². The van der Waals surface area contributed by atoms with Crippen molar-refractivity contribution in [3.8, 4) is 0 Å². The highest BCUT2D eigenvalue weighted by atomic mass is 15.0. The molecule has 0 aliphatic rings. The molecule has 0 amide bonds.